The molecule has 0 aromatic heterocycles. The summed E-state index contributed by atoms with van der Waals surface area (Å²) in [5.41, 5.74) is 1.38. The maximum absolute atomic E-state index is 11.7. The molecule has 110 valence electrons. The fourth-order valence-corrected chi connectivity index (χ4v) is 1.53. The average Bonchev–Trinajstić information content (AvgIpc) is 2.40. The standard InChI is InChI=1S/C14H22N4O2/c1-10(2)16-9-8-13(19)17-11-4-6-12(7-5-11)18-14(20)15-3/h4-7,10,16H,8-9H2,1-3H3,(H,17,19)(H2,15,18,20). The molecular formula is C14H22N4O2. The van der Waals surface area contributed by atoms with Crippen molar-refractivity contribution >= 4 is 23.3 Å². The van der Waals surface area contributed by atoms with Crippen LogP contribution < -0.4 is 21.3 Å². The van der Waals surface area contributed by atoms with Crippen molar-refractivity contribution in [2.24, 2.45) is 0 Å². The van der Waals surface area contributed by atoms with Crippen molar-refractivity contribution in [3.63, 3.8) is 0 Å². The first-order chi connectivity index (χ1) is 9.51. The van der Waals surface area contributed by atoms with Crippen LogP contribution in [0, 0.1) is 0 Å². The first-order valence-electron chi connectivity index (χ1n) is 6.63. The quantitative estimate of drug-likeness (QED) is 0.640. The Kier molecular flexibility index (Phi) is 6.52. The van der Waals surface area contributed by atoms with Crippen molar-refractivity contribution < 1.29 is 9.59 Å². The summed E-state index contributed by atoms with van der Waals surface area (Å²) in [6, 6.07) is 7.06. The highest BCUT2D eigenvalue weighted by molar-refractivity contribution is 5.92. The SMILES string of the molecule is CNC(=O)Nc1ccc(NC(=O)CCNC(C)C)cc1. The van der Waals surface area contributed by atoms with Gasteiger partial charge in [-0.05, 0) is 24.3 Å². The molecule has 0 radical (unpaired) electrons. The zero-order chi connectivity index (χ0) is 15.0. The van der Waals surface area contributed by atoms with Crippen LogP contribution in [-0.4, -0.2) is 31.6 Å². The molecule has 0 atom stereocenters. The Bertz CT molecular complexity index is 443. The molecule has 4 N–H and O–H groups in total. The number of benzene rings is 1. The first kappa shape index (κ1) is 16.0. The maximum Gasteiger partial charge on any atom is 0.318 e. The van der Waals surface area contributed by atoms with E-state index in [0.29, 0.717) is 30.4 Å². The third-order valence-electron chi connectivity index (χ3n) is 2.56. The van der Waals surface area contributed by atoms with Crippen LogP contribution in [-0.2, 0) is 4.79 Å². The van der Waals surface area contributed by atoms with E-state index in [1.165, 1.54) is 0 Å². The van der Waals surface area contributed by atoms with E-state index in [1.54, 1.807) is 31.3 Å². The normalized spacial score (nSPS) is 10.2. The van der Waals surface area contributed by atoms with Gasteiger partial charge in [0.05, 0.1) is 0 Å². The Labute approximate surface area is 119 Å². The Morgan fingerprint density at radius 1 is 1.05 bits per heavy atom. The van der Waals surface area contributed by atoms with Gasteiger partial charge in [0.15, 0.2) is 0 Å². The third kappa shape index (κ3) is 6.19. The van der Waals surface area contributed by atoms with Crippen LogP contribution in [0.3, 0.4) is 0 Å². The van der Waals surface area contributed by atoms with Gasteiger partial charge in [-0.1, -0.05) is 13.8 Å². The van der Waals surface area contributed by atoms with Crippen molar-refractivity contribution in [1.29, 1.82) is 0 Å². The molecule has 0 aliphatic carbocycles. The van der Waals surface area contributed by atoms with Crippen molar-refractivity contribution in [1.82, 2.24) is 10.6 Å². The van der Waals surface area contributed by atoms with Crippen LogP contribution >= 0.6 is 0 Å². The molecule has 20 heavy (non-hydrogen) atoms. The fourth-order valence-electron chi connectivity index (χ4n) is 1.53. The molecule has 0 saturated heterocycles. The predicted octanol–water partition coefficient (Wildman–Crippen LogP) is 1.76. The Balaban J connectivity index is 2.40. The number of carbonyl (C=O) groups is 2. The van der Waals surface area contributed by atoms with Gasteiger partial charge in [0, 0.05) is 37.4 Å². The van der Waals surface area contributed by atoms with Gasteiger partial charge < -0.3 is 21.3 Å². The van der Waals surface area contributed by atoms with Crippen molar-refractivity contribution in [2.75, 3.05) is 24.2 Å². The summed E-state index contributed by atoms with van der Waals surface area (Å²) in [5.74, 6) is -0.0369. The third-order valence-corrected chi connectivity index (χ3v) is 2.56. The topological polar surface area (TPSA) is 82.3 Å². The number of hydrogen-bond donors (Lipinski definition) is 4. The molecular weight excluding hydrogens is 256 g/mol. The van der Waals surface area contributed by atoms with Crippen LogP contribution in [0.1, 0.15) is 20.3 Å². The molecule has 0 saturated carbocycles. The van der Waals surface area contributed by atoms with Gasteiger partial charge in [0.2, 0.25) is 5.91 Å². The summed E-state index contributed by atoms with van der Waals surface area (Å²) in [6.45, 7) is 4.73. The van der Waals surface area contributed by atoms with E-state index in [2.05, 4.69) is 21.3 Å². The molecule has 6 nitrogen and oxygen atoms in total. The second kappa shape index (κ2) is 8.16. The minimum absolute atomic E-state index is 0.0369. The number of anilines is 2. The first-order valence-corrected chi connectivity index (χ1v) is 6.63. The average molecular weight is 278 g/mol. The summed E-state index contributed by atoms with van der Waals surface area (Å²) >= 11 is 0. The van der Waals surface area contributed by atoms with Crippen LogP contribution in [0.2, 0.25) is 0 Å². The van der Waals surface area contributed by atoms with Crippen LogP contribution in [0.15, 0.2) is 24.3 Å². The van der Waals surface area contributed by atoms with Crippen LogP contribution in [0.4, 0.5) is 16.2 Å². The fraction of sp³-hybridized carbons (Fsp3) is 0.429. The van der Waals surface area contributed by atoms with Crippen molar-refractivity contribution in [3.8, 4) is 0 Å². The number of amides is 3. The zero-order valence-electron chi connectivity index (χ0n) is 12.1. The van der Waals surface area contributed by atoms with Crippen LogP contribution in [0.5, 0.6) is 0 Å². The lowest BCUT2D eigenvalue weighted by Gasteiger charge is -2.09. The molecule has 0 aliphatic heterocycles. The smallest absolute Gasteiger partial charge is 0.318 e. The van der Waals surface area contributed by atoms with E-state index in [0.717, 1.165) is 0 Å². The lowest BCUT2D eigenvalue weighted by Crippen LogP contribution is -2.27. The molecule has 0 heterocycles. The molecule has 0 unspecified atom stereocenters. The van der Waals surface area contributed by atoms with Gasteiger partial charge in [-0.2, -0.15) is 0 Å². The second-order valence-electron chi connectivity index (χ2n) is 4.69. The molecule has 1 aromatic carbocycles. The Morgan fingerprint density at radius 3 is 2.10 bits per heavy atom. The van der Waals surface area contributed by atoms with E-state index >= 15 is 0 Å². The largest absolute Gasteiger partial charge is 0.341 e. The number of carbonyl (C=O) groups excluding carboxylic acids is 2. The summed E-state index contributed by atoms with van der Waals surface area (Å²) in [7, 11) is 1.55. The van der Waals surface area contributed by atoms with Gasteiger partial charge in [0.25, 0.3) is 0 Å². The van der Waals surface area contributed by atoms with E-state index < -0.39 is 0 Å². The van der Waals surface area contributed by atoms with Crippen LogP contribution in [0.25, 0.3) is 0 Å². The molecule has 1 rings (SSSR count). The summed E-state index contributed by atoms with van der Waals surface area (Å²) in [4.78, 5) is 22.8. The molecule has 0 aliphatic rings. The monoisotopic (exact) mass is 278 g/mol. The number of nitrogens with one attached hydrogen (secondary N) is 4. The molecule has 0 fully saturated rings. The minimum Gasteiger partial charge on any atom is -0.341 e. The van der Waals surface area contributed by atoms with E-state index in [4.69, 9.17) is 0 Å². The summed E-state index contributed by atoms with van der Waals surface area (Å²) in [5, 5.41) is 11.1. The summed E-state index contributed by atoms with van der Waals surface area (Å²) in [6.07, 6.45) is 0.427. The highest BCUT2D eigenvalue weighted by Crippen LogP contribution is 2.13. The second-order valence-corrected chi connectivity index (χ2v) is 4.69. The Hall–Kier alpha value is -2.08. The maximum atomic E-state index is 11.7. The molecule has 6 heteroatoms. The molecule has 3 amide bonds. The van der Waals surface area contributed by atoms with Gasteiger partial charge in [-0.15, -0.1) is 0 Å². The molecule has 1 aromatic rings. The van der Waals surface area contributed by atoms with Gasteiger partial charge >= 0.3 is 6.03 Å². The van der Waals surface area contributed by atoms with Gasteiger partial charge in [-0.3, -0.25) is 4.79 Å². The van der Waals surface area contributed by atoms with Crippen molar-refractivity contribution in [3.05, 3.63) is 24.3 Å². The lowest BCUT2D eigenvalue weighted by atomic mass is 10.2. The van der Waals surface area contributed by atoms with E-state index in [1.807, 2.05) is 13.8 Å². The zero-order valence-corrected chi connectivity index (χ0v) is 12.1. The number of rotatable bonds is 6. The van der Waals surface area contributed by atoms with Crippen molar-refractivity contribution in [2.45, 2.75) is 26.3 Å². The minimum atomic E-state index is -0.276. The molecule has 0 bridgehead atoms. The molecule has 0 spiro atoms. The summed E-state index contributed by atoms with van der Waals surface area (Å²) < 4.78 is 0. The number of urea groups is 1. The lowest BCUT2D eigenvalue weighted by molar-refractivity contribution is -0.116. The van der Waals surface area contributed by atoms with Gasteiger partial charge in [-0.25, -0.2) is 4.79 Å². The highest BCUT2D eigenvalue weighted by Gasteiger charge is 2.03. The van der Waals surface area contributed by atoms with Gasteiger partial charge in [0.1, 0.15) is 0 Å². The Morgan fingerprint density at radius 2 is 1.60 bits per heavy atom. The van der Waals surface area contributed by atoms with E-state index in [9.17, 15) is 9.59 Å². The van der Waals surface area contributed by atoms with E-state index in [-0.39, 0.29) is 11.9 Å². The highest BCUT2D eigenvalue weighted by atomic mass is 16.2. The predicted molar refractivity (Wildman–Crippen MR) is 80.9 cm³/mol. The number of hydrogen-bond acceptors (Lipinski definition) is 3.